The molecule has 5 rings (SSSR count). The Kier molecular flexibility index (Phi) is 7.65. The molecule has 3 aliphatic heterocycles. The predicted molar refractivity (Wildman–Crippen MR) is 150 cm³/mol. The van der Waals surface area contributed by atoms with E-state index < -0.39 is 23.1 Å². The Morgan fingerprint density at radius 1 is 1.33 bits per heavy atom. The molecule has 0 bridgehead atoms. The molecular weight excluding hydrogens is 596 g/mol. The second-order valence-electron chi connectivity index (χ2n) is 12.0. The standard InChI is InChI=1S/C27H35BrClF2N5O3/c1-15-19(7-10-36(15)25(37)39-26(2,3)4)34(5)23-17-11-18(29)20(28)21(31)22(17)32-24(33-23)38-14-27-8-6-9-35(27)13-16(30)12-27/h11,15-16,19H,6-10,12-14H2,1-5H3/t15-,16-,19-,27+/m1/s1. The first-order valence-corrected chi connectivity index (χ1v) is 14.6. The molecule has 1 aromatic carbocycles. The van der Waals surface area contributed by atoms with Crippen molar-refractivity contribution in [3.63, 3.8) is 0 Å². The Morgan fingerprint density at radius 3 is 2.79 bits per heavy atom. The fourth-order valence-corrected chi connectivity index (χ4v) is 6.79. The van der Waals surface area contributed by atoms with Crippen molar-refractivity contribution >= 4 is 50.3 Å². The Morgan fingerprint density at radius 2 is 2.08 bits per heavy atom. The van der Waals surface area contributed by atoms with Crippen molar-refractivity contribution in [1.82, 2.24) is 19.8 Å². The van der Waals surface area contributed by atoms with Crippen molar-refractivity contribution in [2.24, 2.45) is 0 Å². The van der Waals surface area contributed by atoms with E-state index in [9.17, 15) is 9.18 Å². The molecule has 0 spiro atoms. The molecule has 2 aromatic rings. The number of hydrogen-bond acceptors (Lipinski definition) is 7. The van der Waals surface area contributed by atoms with E-state index in [4.69, 9.17) is 26.1 Å². The van der Waals surface area contributed by atoms with Crippen LogP contribution in [-0.4, -0.2) is 88.5 Å². The van der Waals surface area contributed by atoms with Crippen molar-refractivity contribution in [1.29, 1.82) is 0 Å². The quantitative estimate of drug-likeness (QED) is 0.377. The number of anilines is 1. The van der Waals surface area contributed by atoms with Gasteiger partial charge in [0.25, 0.3) is 0 Å². The molecule has 39 heavy (non-hydrogen) atoms. The molecule has 3 fully saturated rings. The van der Waals surface area contributed by atoms with E-state index in [1.54, 1.807) is 11.0 Å². The number of benzene rings is 1. The van der Waals surface area contributed by atoms with E-state index in [0.29, 0.717) is 37.1 Å². The first-order chi connectivity index (χ1) is 18.3. The van der Waals surface area contributed by atoms with Gasteiger partial charge in [-0.25, -0.2) is 13.6 Å². The average molecular weight is 631 g/mol. The summed E-state index contributed by atoms with van der Waals surface area (Å²) in [6.07, 6.45) is 1.63. The summed E-state index contributed by atoms with van der Waals surface area (Å²) in [5, 5.41) is 0.631. The van der Waals surface area contributed by atoms with E-state index >= 15 is 4.39 Å². The summed E-state index contributed by atoms with van der Waals surface area (Å²) in [6.45, 7) is 9.46. The van der Waals surface area contributed by atoms with Crippen LogP contribution in [0.4, 0.5) is 19.4 Å². The minimum absolute atomic E-state index is 0.0238. The molecule has 4 atom stereocenters. The molecular formula is C27H35BrClF2N5O3. The number of carbonyl (C=O) groups is 1. The first-order valence-electron chi connectivity index (χ1n) is 13.4. The number of aromatic nitrogens is 2. The average Bonchev–Trinajstić information content (AvgIpc) is 3.51. The van der Waals surface area contributed by atoms with Gasteiger partial charge in [0.05, 0.1) is 27.1 Å². The Balaban J connectivity index is 1.47. The molecule has 1 aromatic heterocycles. The molecule has 1 amide bonds. The van der Waals surface area contributed by atoms with Gasteiger partial charge >= 0.3 is 12.1 Å². The van der Waals surface area contributed by atoms with Crippen LogP contribution in [0.1, 0.15) is 53.4 Å². The number of carbonyl (C=O) groups excluding carboxylic acids is 1. The highest BCUT2D eigenvalue weighted by atomic mass is 79.9. The lowest BCUT2D eigenvalue weighted by molar-refractivity contribution is 0.0233. The smallest absolute Gasteiger partial charge is 0.410 e. The zero-order chi connectivity index (χ0) is 28.3. The summed E-state index contributed by atoms with van der Waals surface area (Å²) in [7, 11) is 1.86. The Labute approximate surface area is 241 Å². The predicted octanol–water partition coefficient (Wildman–Crippen LogP) is 5.97. The number of fused-ring (bicyclic) bond motifs is 2. The summed E-state index contributed by atoms with van der Waals surface area (Å²) in [5.74, 6) is -0.165. The normalized spacial score (nSPS) is 27.3. The van der Waals surface area contributed by atoms with Gasteiger partial charge in [0.2, 0.25) is 0 Å². The number of nitrogens with zero attached hydrogens (tertiary/aromatic N) is 5. The third-order valence-corrected chi connectivity index (χ3v) is 9.49. The maximum atomic E-state index is 15.4. The first kappa shape index (κ1) is 28.5. The molecule has 0 radical (unpaired) electrons. The van der Waals surface area contributed by atoms with Crippen molar-refractivity contribution < 1.29 is 23.0 Å². The number of rotatable bonds is 5. The van der Waals surface area contributed by atoms with Gasteiger partial charge in [0.15, 0.2) is 5.82 Å². The molecule has 0 unspecified atom stereocenters. The number of hydrogen-bond donors (Lipinski definition) is 0. The van der Waals surface area contributed by atoms with Crippen LogP contribution < -0.4 is 9.64 Å². The maximum Gasteiger partial charge on any atom is 0.410 e. The highest BCUT2D eigenvalue weighted by molar-refractivity contribution is 9.10. The molecule has 0 aliphatic carbocycles. The van der Waals surface area contributed by atoms with Gasteiger partial charge in [0, 0.05) is 31.9 Å². The molecule has 8 nitrogen and oxygen atoms in total. The third-order valence-electron chi connectivity index (χ3n) is 8.19. The second kappa shape index (κ2) is 10.4. The highest BCUT2D eigenvalue weighted by Gasteiger charge is 2.49. The topological polar surface area (TPSA) is 71.0 Å². The number of alkyl halides is 1. The van der Waals surface area contributed by atoms with Gasteiger partial charge in [-0.2, -0.15) is 9.97 Å². The number of likely N-dealkylation sites (tertiary alicyclic amines) is 1. The van der Waals surface area contributed by atoms with Gasteiger partial charge in [-0.3, -0.25) is 4.90 Å². The van der Waals surface area contributed by atoms with Crippen LogP contribution >= 0.6 is 27.5 Å². The molecule has 3 saturated heterocycles. The summed E-state index contributed by atoms with van der Waals surface area (Å²) < 4.78 is 41.5. The van der Waals surface area contributed by atoms with Crippen LogP contribution in [0.2, 0.25) is 5.02 Å². The highest BCUT2D eigenvalue weighted by Crippen LogP contribution is 2.41. The van der Waals surface area contributed by atoms with Crippen LogP contribution in [0.3, 0.4) is 0 Å². The van der Waals surface area contributed by atoms with Gasteiger partial charge in [-0.1, -0.05) is 11.6 Å². The van der Waals surface area contributed by atoms with Crippen molar-refractivity contribution in [2.45, 2.75) is 82.8 Å². The van der Waals surface area contributed by atoms with Crippen LogP contribution in [0, 0.1) is 5.82 Å². The molecule has 0 saturated carbocycles. The van der Waals surface area contributed by atoms with Crippen LogP contribution in [0.25, 0.3) is 10.9 Å². The monoisotopic (exact) mass is 629 g/mol. The minimum Gasteiger partial charge on any atom is -0.461 e. The van der Waals surface area contributed by atoms with Gasteiger partial charge < -0.3 is 19.3 Å². The summed E-state index contributed by atoms with van der Waals surface area (Å²) in [5.41, 5.74) is -0.923. The second-order valence-corrected chi connectivity index (χ2v) is 13.2. The molecule has 3 aliphatic rings. The third kappa shape index (κ3) is 5.38. The number of halogens is 4. The lowest BCUT2D eigenvalue weighted by Gasteiger charge is -2.33. The van der Waals surface area contributed by atoms with Crippen molar-refractivity contribution in [3.8, 4) is 6.01 Å². The molecule has 4 heterocycles. The Hall–Kier alpha value is -1.98. The summed E-state index contributed by atoms with van der Waals surface area (Å²) in [4.78, 5) is 27.8. The van der Waals surface area contributed by atoms with Gasteiger partial charge in [-0.15, -0.1) is 0 Å². The van der Waals surface area contributed by atoms with Crippen LogP contribution in [0.15, 0.2) is 10.5 Å². The van der Waals surface area contributed by atoms with Crippen LogP contribution in [0.5, 0.6) is 6.01 Å². The van der Waals surface area contributed by atoms with E-state index in [2.05, 4.69) is 25.8 Å². The molecule has 12 heteroatoms. The van der Waals surface area contributed by atoms with Crippen molar-refractivity contribution in [2.75, 3.05) is 38.2 Å². The minimum atomic E-state index is -0.888. The lowest BCUT2D eigenvalue weighted by Crippen LogP contribution is -2.45. The Bertz CT molecular complexity index is 1280. The van der Waals surface area contributed by atoms with Crippen LogP contribution in [-0.2, 0) is 4.74 Å². The SMILES string of the molecule is C[C@@H]1[C@H](N(C)c2nc(OC[C@@]34CCCN3C[C@H](F)C4)nc3c(F)c(Br)c(Cl)cc23)CCN1C(=O)OC(C)(C)C. The molecule has 0 N–H and O–H groups in total. The fraction of sp³-hybridized carbons (Fsp3) is 0.667. The van der Waals surface area contributed by atoms with E-state index in [0.717, 1.165) is 19.4 Å². The van der Waals surface area contributed by atoms with Gasteiger partial charge in [-0.05, 0) is 75.5 Å². The zero-order valence-electron chi connectivity index (χ0n) is 22.9. The van der Waals surface area contributed by atoms with Crippen molar-refractivity contribution in [3.05, 3.63) is 21.4 Å². The zero-order valence-corrected chi connectivity index (χ0v) is 25.3. The van der Waals surface area contributed by atoms with E-state index in [-0.39, 0.29) is 45.8 Å². The lowest BCUT2D eigenvalue weighted by atomic mass is 9.95. The van der Waals surface area contributed by atoms with E-state index in [1.165, 1.54) is 0 Å². The van der Waals surface area contributed by atoms with Gasteiger partial charge in [0.1, 0.15) is 29.7 Å². The largest absolute Gasteiger partial charge is 0.461 e. The summed E-state index contributed by atoms with van der Waals surface area (Å²) >= 11 is 9.56. The summed E-state index contributed by atoms with van der Waals surface area (Å²) in [6, 6.07) is 1.34. The fourth-order valence-electron chi connectivity index (χ4n) is 6.29. The maximum absolute atomic E-state index is 15.4. The van der Waals surface area contributed by atoms with E-state index in [1.807, 2.05) is 39.6 Å². The number of ether oxygens (including phenoxy) is 2. The molecule has 214 valence electrons. The number of likely N-dealkylation sites (N-methyl/N-ethyl adjacent to an activating group) is 1. The number of amides is 1.